The number of rotatable bonds is 4. The monoisotopic (exact) mass is 337 g/mol. The zero-order chi connectivity index (χ0) is 14.1. The number of nitrogens with zero attached hydrogens (tertiary/aromatic N) is 2. The molecule has 0 amide bonds. The number of anilines is 3. The van der Waals surface area contributed by atoms with E-state index in [0.717, 1.165) is 24.4 Å². The quantitative estimate of drug-likeness (QED) is 0.589. The molecule has 0 unspecified atom stereocenters. The zero-order valence-corrected chi connectivity index (χ0v) is 12.1. The Morgan fingerprint density at radius 1 is 1.20 bits per heavy atom. The van der Waals surface area contributed by atoms with Gasteiger partial charge in [-0.1, -0.05) is 0 Å². The van der Waals surface area contributed by atoms with Gasteiger partial charge in [-0.2, -0.15) is 0 Å². The molecule has 5 nitrogen and oxygen atoms in total. The third-order valence-corrected chi connectivity index (χ3v) is 3.68. The van der Waals surface area contributed by atoms with Gasteiger partial charge < -0.3 is 10.7 Å². The Bertz CT molecular complexity index is 645. The molecule has 0 bridgehead atoms. The second-order valence-corrected chi connectivity index (χ2v) is 5.52. The van der Waals surface area contributed by atoms with Crippen molar-refractivity contribution in [2.24, 2.45) is 5.84 Å². The standard InChI is InChI=1S/C13H13BrFN5/c14-9-5-8(15)3-4-10(9)17-11-6-12(20-16)19-13(18-11)7-1-2-7/h3-7H,1-2,16H2,(H2,17,18,19,20). The van der Waals surface area contributed by atoms with Crippen LogP contribution in [-0.2, 0) is 0 Å². The molecule has 3 rings (SSSR count). The van der Waals surface area contributed by atoms with Gasteiger partial charge in [-0.25, -0.2) is 20.2 Å². The molecule has 1 aliphatic carbocycles. The number of nitrogens with one attached hydrogen (secondary N) is 2. The normalized spacial score (nSPS) is 14.2. The number of halogens is 2. The Hall–Kier alpha value is -1.73. The fourth-order valence-electron chi connectivity index (χ4n) is 1.86. The molecular weight excluding hydrogens is 325 g/mol. The number of nitrogen functional groups attached to an aromatic ring is 1. The number of nitrogens with two attached hydrogens (primary N) is 1. The summed E-state index contributed by atoms with van der Waals surface area (Å²) in [5.74, 6) is 7.51. The Balaban J connectivity index is 1.91. The fraction of sp³-hybridized carbons (Fsp3) is 0.231. The van der Waals surface area contributed by atoms with Crippen molar-refractivity contribution in [3.63, 3.8) is 0 Å². The maximum Gasteiger partial charge on any atom is 0.145 e. The van der Waals surface area contributed by atoms with E-state index in [0.29, 0.717) is 22.0 Å². The molecule has 1 aliphatic rings. The molecule has 7 heteroatoms. The number of aromatic nitrogens is 2. The number of hydrogen-bond donors (Lipinski definition) is 3. The fourth-order valence-corrected chi connectivity index (χ4v) is 2.31. The molecule has 0 saturated heterocycles. The molecule has 1 heterocycles. The summed E-state index contributed by atoms with van der Waals surface area (Å²) in [6, 6.07) is 6.14. The molecule has 1 fully saturated rings. The van der Waals surface area contributed by atoms with Gasteiger partial charge in [-0.15, -0.1) is 0 Å². The molecule has 104 valence electrons. The van der Waals surface area contributed by atoms with Gasteiger partial charge in [0.2, 0.25) is 0 Å². The summed E-state index contributed by atoms with van der Waals surface area (Å²) in [4.78, 5) is 8.80. The van der Waals surface area contributed by atoms with Crippen LogP contribution in [0.2, 0.25) is 0 Å². The van der Waals surface area contributed by atoms with Gasteiger partial charge in [0.1, 0.15) is 23.3 Å². The lowest BCUT2D eigenvalue weighted by molar-refractivity contribution is 0.627. The molecule has 1 aromatic heterocycles. The SMILES string of the molecule is NNc1cc(Nc2ccc(F)cc2Br)nc(C2CC2)n1. The van der Waals surface area contributed by atoms with Crippen LogP contribution in [0.3, 0.4) is 0 Å². The topological polar surface area (TPSA) is 75.9 Å². The molecule has 4 N–H and O–H groups in total. The van der Waals surface area contributed by atoms with Gasteiger partial charge in [-0.3, -0.25) is 0 Å². The summed E-state index contributed by atoms with van der Waals surface area (Å²) in [7, 11) is 0. The molecular formula is C13H13BrFN5. The van der Waals surface area contributed by atoms with Crippen molar-refractivity contribution in [3.05, 3.63) is 40.4 Å². The summed E-state index contributed by atoms with van der Waals surface area (Å²) in [6.07, 6.45) is 2.21. The van der Waals surface area contributed by atoms with E-state index in [1.54, 1.807) is 12.1 Å². The van der Waals surface area contributed by atoms with Gasteiger partial charge in [-0.05, 0) is 47.0 Å². The van der Waals surface area contributed by atoms with Crippen molar-refractivity contribution < 1.29 is 4.39 Å². The average Bonchev–Trinajstić information content (AvgIpc) is 3.26. The molecule has 0 radical (unpaired) electrons. The van der Waals surface area contributed by atoms with Crippen LogP contribution in [0.25, 0.3) is 0 Å². The van der Waals surface area contributed by atoms with E-state index in [1.807, 2.05) is 0 Å². The Morgan fingerprint density at radius 3 is 2.60 bits per heavy atom. The van der Waals surface area contributed by atoms with Gasteiger partial charge in [0.05, 0.1) is 5.69 Å². The first kappa shape index (κ1) is 13.3. The second kappa shape index (κ2) is 5.34. The average molecular weight is 338 g/mol. The maximum atomic E-state index is 13.1. The van der Waals surface area contributed by atoms with Crippen LogP contribution >= 0.6 is 15.9 Å². The van der Waals surface area contributed by atoms with Crippen LogP contribution in [0.1, 0.15) is 24.6 Å². The lowest BCUT2D eigenvalue weighted by atomic mass is 10.3. The third kappa shape index (κ3) is 2.88. The first-order valence-corrected chi connectivity index (χ1v) is 7.02. The van der Waals surface area contributed by atoms with Crippen molar-refractivity contribution in [1.29, 1.82) is 0 Å². The maximum absolute atomic E-state index is 13.1. The summed E-state index contributed by atoms with van der Waals surface area (Å²) in [5, 5.41) is 3.14. The van der Waals surface area contributed by atoms with Crippen LogP contribution in [0.15, 0.2) is 28.7 Å². The molecule has 0 spiro atoms. The Morgan fingerprint density at radius 2 is 1.95 bits per heavy atom. The Kier molecular flexibility index (Phi) is 3.54. The summed E-state index contributed by atoms with van der Waals surface area (Å²) >= 11 is 3.31. The van der Waals surface area contributed by atoms with Crippen molar-refractivity contribution in [3.8, 4) is 0 Å². The highest BCUT2D eigenvalue weighted by atomic mass is 79.9. The van der Waals surface area contributed by atoms with Crippen LogP contribution < -0.4 is 16.6 Å². The van der Waals surface area contributed by atoms with Crippen LogP contribution in [0.4, 0.5) is 21.7 Å². The molecule has 1 saturated carbocycles. The predicted octanol–water partition coefficient (Wildman–Crippen LogP) is 3.28. The number of hydrogen-bond acceptors (Lipinski definition) is 5. The van der Waals surface area contributed by atoms with Gasteiger partial charge >= 0.3 is 0 Å². The van der Waals surface area contributed by atoms with Crippen LogP contribution in [0, 0.1) is 5.82 Å². The highest BCUT2D eigenvalue weighted by Gasteiger charge is 2.27. The second-order valence-electron chi connectivity index (χ2n) is 4.66. The molecule has 1 aromatic carbocycles. The smallest absolute Gasteiger partial charge is 0.145 e. The molecule has 2 aromatic rings. The number of hydrazine groups is 1. The van der Waals surface area contributed by atoms with Crippen molar-refractivity contribution in [2.45, 2.75) is 18.8 Å². The predicted molar refractivity (Wildman–Crippen MR) is 79.2 cm³/mol. The minimum atomic E-state index is -0.298. The minimum Gasteiger partial charge on any atom is -0.339 e. The first-order valence-electron chi connectivity index (χ1n) is 6.23. The summed E-state index contributed by atoms with van der Waals surface area (Å²) in [5.41, 5.74) is 3.27. The molecule has 0 atom stereocenters. The largest absolute Gasteiger partial charge is 0.339 e. The molecule has 20 heavy (non-hydrogen) atoms. The van der Waals surface area contributed by atoms with Crippen LogP contribution in [-0.4, -0.2) is 9.97 Å². The van der Waals surface area contributed by atoms with E-state index < -0.39 is 0 Å². The minimum absolute atomic E-state index is 0.298. The van der Waals surface area contributed by atoms with E-state index in [4.69, 9.17) is 5.84 Å². The van der Waals surface area contributed by atoms with E-state index in [1.165, 1.54) is 12.1 Å². The summed E-state index contributed by atoms with van der Waals surface area (Å²) < 4.78 is 13.7. The lowest BCUT2D eigenvalue weighted by Crippen LogP contribution is -2.11. The lowest BCUT2D eigenvalue weighted by Gasteiger charge is -2.10. The van der Waals surface area contributed by atoms with Crippen molar-refractivity contribution >= 4 is 33.3 Å². The number of benzene rings is 1. The molecule has 0 aliphatic heterocycles. The Labute approximate surface area is 123 Å². The van der Waals surface area contributed by atoms with Gasteiger partial charge in [0.15, 0.2) is 0 Å². The van der Waals surface area contributed by atoms with Gasteiger partial charge in [0.25, 0.3) is 0 Å². The first-order chi connectivity index (χ1) is 9.65. The van der Waals surface area contributed by atoms with Crippen molar-refractivity contribution in [1.82, 2.24) is 9.97 Å². The van der Waals surface area contributed by atoms with Crippen LogP contribution in [0.5, 0.6) is 0 Å². The zero-order valence-electron chi connectivity index (χ0n) is 10.5. The highest BCUT2D eigenvalue weighted by molar-refractivity contribution is 9.10. The third-order valence-electron chi connectivity index (χ3n) is 3.03. The van der Waals surface area contributed by atoms with E-state index >= 15 is 0 Å². The van der Waals surface area contributed by atoms with Gasteiger partial charge in [0, 0.05) is 16.5 Å². The summed E-state index contributed by atoms with van der Waals surface area (Å²) in [6.45, 7) is 0. The van der Waals surface area contributed by atoms with Crippen molar-refractivity contribution in [2.75, 3.05) is 10.7 Å². The van der Waals surface area contributed by atoms with E-state index in [2.05, 4.69) is 36.6 Å². The van der Waals surface area contributed by atoms with E-state index in [9.17, 15) is 4.39 Å². The van der Waals surface area contributed by atoms with E-state index in [-0.39, 0.29) is 5.82 Å². The highest BCUT2D eigenvalue weighted by Crippen LogP contribution is 2.39.